The van der Waals surface area contributed by atoms with Gasteiger partial charge in [-0.3, -0.25) is 4.99 Å². The SMILES string of the molecule is CN=C(NCCCN(C)CCOC)NCCc1cc(C)cc(C)c1.I. The molecular formula is C19H35IN4O. The molecule has 0 radical (unpaired) electrons. The molecule has 0 saturated carbocycles. The van der Waals surface area contributed by atoms with Crippen molar-refractivity contribution in [2.75, 3.05) is 54.0 Å². The third-order valence-electron chi connectivity index (χ3n) is 3.90. The van der Waals surface area contributed by atoms with E-state index >= 15 is 0 Å². The molecule has 0 amide bonds. The lowest BCUT2D eigenvalue weighted by Gasteiger charge is -2.17. The highest BCUT2D eigenvalue weighted by molar-refractivity contribution is 14.0. The maximum absolute atomic E-state index is 5.08. The third-order valence-corrected chi connectivity index (χ3v) is 3.90. The molecule has 0 heterocycles. The smallest absolute Gasteiger partial charge is 0.190 e. The van der Waals surface area contributed by atoms with Crippen LogP contribution in [0, 0.1) is 13.8 Å². The van der Waals surface area contributed by atoms with Crippen molar-refractivity contribution in [2.24, 2.45) is 4.99 Å². The average Bonchev–Trinajstić information content (AvgIpc) is 2.54. The minimum atomic E-state index is 0. The molecule has 0 fully saturated rings. The van der Waals surface area contributed by atoms with Gasteiger partial charge < -0.3 is 20.3 Å². The van der Waals surface area contributed by atoms with Crippen LogP contribution in [0.15, 0.2) is 23.2 Å². The number of likely N-dealkylation sites (N-methyl/N-ethyl adjacent to an activating group) is 1. The van der Waals surface area contributed by atoms with Gasteiger partial charge in [0.05, 0.1) is 6.61 Å². The van der Waals surface area contributed by atoms with Crippen LogP contribution in [-0.4, -0.2) is 64.9 Å². The zero-order valence-electron chi connectivity index (χ0n) is 16.4. The van der Waals surface area contributed by atoms with Crippen LogP contribution in [0.25, 0.3) is 0 Å². The van der Waals surface area contributed by atoms with Crippen molar-refractivity contribution in [3.05, 3.63) is 34.9 Å². The van der Waals surface area contributed by atoms with Crippen LogP contribution in [-0.2, 0) is 11.2 Å². The number of nitrogens with one attached hydrogen (secondary N) is 2. The molecule has 0 aliphatic heterocycles. The van der Waals surface area contributed by atoms with Crippen molar-refractivity contribution in [1.29, 1.82) is 0 Å². The molecule has 2 N–H and O–H groups in total. The van der Waals surface area contributed by atoms with Gasteiger partial charge in [-0.2, -0.15) is 0 Å². The van der Waals surface area contributed by atoms with Crippen molar-refractivity contribution >= 4 is 29.9 Å². The molecule has 1 aromatic carbocycles. The van der Waals surface area contributed by atoms with Crippen LogP contribution in [0.5, 0.6) is 0 Å². The predicted molar refractivity (Wildman–Crippen MR) is 118 cm³/mol. The van der Waals surface area contributed by atoms with Gasteiger partial charge in [-0.25, -0.2) is 0 Å². The molecule has 0 aliphatic rings. The minimum Gasteiger partial charge on any atom is -0.383 e. The number of rotatable bonds is 10. The van der Waals surface area contributed by atoms with E-state index in [1.165, 1.54) is 16.7 Å². The van der Waals surface area contributed by atoms with Gasteiger partial charge >= 0.3 is 0 Å². The molecule has 0 unspecified atom stereocenters. The Hall–Kier alpha value is -0.860. The van der Waals surface area contributed by atoms with Gasteiger partial charge in [0.15, 0.2) is 5.96 Å². The lowest BCUT2D eigenvalue weighted by atomic mass is 10.1. The first-order valence-corrected chi connectivity index (χ1v) is 8.74. The maximum atomic E-state index is 5.08. The summed E-state index contributed by atoms with van der Waals surface area (Å²) in [6, 6.07) is 6.71. The van der Waals surface area contributed by atoms with E-state index in [1.807, 2.05) is 7.05 Å². The molecule has 0 spiro atoms. The first-order valence-electron chi connectivity index (χ1n) is 8.74. The van der Waals surface area contributed by atoms with Gasteiger partial charge in [0, 0.05) is 33.8 Å². The van der Waals surface area contributed by atoms with Crippen LogP contribution in [0.3, 0.4) is 0 Å². The fourth-order valence-corrected chi connectivity index (χ4v) is 2.67. The zero-order valence-corrected chi connectivity index (χ0v) is 18.7. The van der Waals surface area contributed by atoms with Crippen LogP contribution in [0.1, 0.15) is 23.1 Å². The van der Waals surface area contributed by atoms with Gasteiger partial charge in [0.1, 0.15) is 0 Å². The standard InChI is InChI=1S/C19H34N4O.HI/c1-16-13-17(2)15-18(14-16)7-9-22-19(20-3)21-8-6-10-23(4)11-12-24-5;/h13-15H,6-12H2,1-5H3,(H2,20,21,22);1H. The second-order valence-electron chi connectivity index (χ2n) is 6.32. The number of methoxy groups -OCH3 is 1. The Balaban J connectivity index is 0.00000576. The van der Waals surface area contributed by atoms with Crippen molar-refractivity contribution in [1.82, 2.24) is 15.5 Å². The Morgan fingerprint density at radius 1 is 1.08 bits per heavy atom. The van der Waals surface area contributed by atoms with Gasteiger partial charge in [-0.15, -0.1) is 24.0 Å². The monoisotopic (exact) mass is 462 g/mol. The largest absolute Gasteiger partial charge is 0.383 e. The molecule has 25 heavy (non-hydrogen) atoms. The number of hydrogen-bond acceptors (Lipinski definition) is 3. The van der Waals surface area contributed by atoms with Gasteiger partial charge in [0.2, 0.25) is 0 Å². The Kier molecular flexibility index (Phi) is 13.8. The van der Waals surface area contributed by atoms with E-state index in [1.54, 1.807) is 7.11 Å². The zero-order chi connectivity index (χ0) is 17.8. The summed E-state index contributed by atoms with van der Waals surface area (Å²) >= 11 is 0. The number of ether oxygens (including phenoxy) is 1. The number of guanidine groups is 1. The molecule has 1 rings (SSSR count). The van der Waals surface area contributed by atoms with E-state index in [4.69, 9.17) is 4.74 Å². The summed E-state index contributed by atoms with van der Waals surface area (Å²) in [7, 11) is 5.68. The van der Waals surface area contributed by atoms with Crippen LogP contribution in [0.4, 0.5) is 0 Å². The van der Waals surface area contributed by atoms with Crippen LogP contribution < -0.4 is 10.6 Å². The van der Waals surface area contributed by atoms with Gasteiger partial charge in [-0.05, 0) is 45.8 Å². The van der Waals surface area contributed by atoms with Gasteiger partial charge in [-0.1, -0.05) is 29.3 Å². The Morgan fingerprint density at radius 2 is 1.72 bits per heavy atom. The normalized spacial score (nSPS) is 11.4. The molecule has 0 saturated heterocycles. The summed E-state index contributed by atoms with van der Waals surface area (Å²) in [6.07, 6.45) is 2.08. The number of benzene rings is 1. The summed E-state index contributed by atoms with van der Waals surface area (Å²) in [5.74, 6) is 0.874. The molecule has 0 aromatic heterocycles. The summed E-state index contributed by atoms with van der Waals surface area (Å²) < 4.78 is 5.08. The average molecular weight is 462 g/mol. The molecule has 0 bridgehead atoms. The highest BCUT2D eigenvalue weighted by atomic mass is 127. The third kappa shape index (κ3) is 11.4. The van der Waals surface area contributed by atoms with E-state index in [0.717, 1.165) is 51.6 Å². The van der Waals surface area contributed by atoms with E-state index < -0.39 is 0 Å². The van der Waals surface area contributed by atoms with E-state index in [0.29, 0.717) is 0 Å². The quantitative estimate of drug-likeness (QED) is 0.243. The minimum absolute atomic E-state index is 0. The summed E-state index contributed by atoms with van der Waals surface area (Å²) in [5.41, 5.74) is 4.02. The van der Waals surface area contributed by atoms with E-state index in [9.17, 15) is 0 Å². The Bertz CT molecular complexity index is 488. The molecule has 5 nitrogen and oxygen atoms in total. The highest BCUT2D eigenvalue weighted by Gasteiger charge is 2.01. The number of aryl methyl sites for hydroxylation is 2. The lowest BCUT2D eigenvalue weighted by molar-refractivity contribution is 0.161. The molecule has 144 valence electrons. The fraction of sp³-hybridized carbons (Fsp3) is 0.632. The first kappa shape index (κ1) is 24.1. The van der Waals surface area contributed by atoms with Crippen molar-refractivity contribution in [2.45, 2.75) is 26.7 Å². The maximum Gasteiger partial charge on any atom is 0.190 e. The molecule has 0 atom stereocenters. The molecular weight excluding hydrogens is 427 g/mol. The summed E-state index contributed by atoms with van der Waals surface area (Å²) in [4.78, 5) is 6.56. The molecule has 6 heteroatoms. The molecule has 0 aliphatic carbocycles. The molecule has 1 aromatic rings. The summed E-state index contributed by atoms with van der Waals surface area (Å²) in [5, 5.41) is 6.76. The van der Waals surface area contributed by atoms with Gasteiger partial charge in [0.25, 0.3) is 0 Å². The van der Waals surface area contributed by atoms with Crippen LogP contribution in [0.2, 0.25) is 0 Å². The second kappa shape index (κ2) is 14.3. The highest BCUT2D eigenvalue weighted by Crippen LogP contribution is 2.08. The predicted octanol–water partition coefficient (Wildman–Crippen LogP) is 2.60. The van der Waals surface area contributed by atoms with Crippen LogP contribution >= 0.6 is 24.0 Å². The van der Waals surface area contributed by atoms with Crippen molar-refractivity contribution < 1.29 is 4.74 Å². The number of halogens is 1. The number of nitrogens with zero attached hydrogens (tertiary/aromatic N) is 2. The fourth-order valence-electron chi connectivity index (χ4n) is 2.67. The number of hydrogen-bond donors (Lipinski definition) is 2. The lowest BCUT2D eigenvalue weighted by Crippen LogP contribution is -2.39. The van der Waals surface area contributed by atoms with E-state index in [2.05, 4.69) is 59.6 Å². The Labute approximate surface area is 170 Å². The van der Waals surface area contributed by atoms with Crippen molar-refractivity contribution in [3.63, 3.8) is 0 Å². The number of aliphatic imine (C=N–C) groups is 1. The topological polar surface area (TPSA) is 48.9 Å². The van der Waals surface area contributed by atoms with Crippen molar-refractivity contribution in [3.8, 4) is 0 Å². The first-order chi connectivity index (χ1) is 11.5. The van der Waals surface area contributed by atoms with E-state index in [-0.39, 0.29) is 24.0 Å². The Morgan fingerprint density at radius 3 is 2.32 bits per heavy atom. The second-order valence-corrected chi connectivity index (χ2v) is 6.32. The summed E-state index contributed by atoms with van der Waals surface area (Å²) in [6.45, 7) is 8.90.